The van der Waals surface area contributed by atoms with Crippen LogP contribution in [0.2, 0.25) is 0 Å². The standard InChI is InChI=1S/C11H12BrN3O3S/c1-7-2-8(6-14-5-7)15-19(16,17)10-3-9(4-13)18-11(10)12/h2-3,5-6,15H,4,13H2,1H3. The van der Waals surface area contributed by atoms with Crippen molar-refractivity contribution in [1.82, 2.24) is 4.98 Å². The SMILES string of the molecule is Cc1cncc(NS(=O)(=O)c2cc(CN)oc2Br)c1. The van der Waals surface area contributed by atoms with Crippen LogP contribution >= 0.6 is 15.9 Å². The van der Waals surface area contributed by atoms with Gasteiger partial charge >= 0.3 is 0 Å². The first-order valence-electron chi connectivity index (χ1n) is 5.35. The number of nitrogens with two attached hydrogens (primary N) is 1. The highest BCUT2D eigenvalue weighted by molar-refractivity contribution is 9.10. The Balaban J connectivity index is 2.34. The van der Waals surface area contributed by atoms with Crippen molar-refractivity contribution in [3.8, 4) is 0 Å². The normalized spacial score (nSPS) is 11.5. The molecule has 0 spiro atoms. The van der Waals surface area contributed by atoms with E-state index in [1.807, 2.05) is 6.92 Å². The third-order valence-electron chi connectivity index (χ3n) is 2.32. The first-order valence-corrected chi connectivity index (χ1v) is 7.63. The first-order chi connectivity index (χ1) is 8.92. The molecule has 19 heavy (non-hydrogen) atoms. The lowest BCUT2D eigenvalue weighted by Gasteiger charge is -2.06. The minimum atomic E-state index is -3.74. The number of rotatable bonds is 4. The molecule has 0 amide bonds. The van der Waals surface area contributed by atoms with Gasteiger partial charge in [0, 0.05) is 12.3 Å². The number of anilines is 1. The van der Waals surface area contributed by atoms with Gasteiger partial charge in [0.05, 0.1) is 18.4 Å². The number of sulfonamides is 1. The summed E-state index contributed by atoms with van der Waals surface area (Å²) in [4.78, 5) is 3.93. The molecule has 0 saturated carbocycles. The van der Waals surface area contributed by atoms with E-state index >= 15 is 0 Å². The number of hydrogen-bond donors (Lipinski definition) is 2. The Hall–Kier alpha value is -1.38. The summed E-state index contributed by atoms with van der Waals surface area (Å²) >= 11 is 3.06. The fourth-order valence-electron chi connectivity index (χ4n) is 1.50. The summed E-state index contributed by atoms with van der Waals surface area (Å²) in [6.07, 6.45) is 3.07. The molecule has 6 nitrogen and oxygen atoms in total. The number of hydrogen-bond acceptors (Lipinski definition) is 5. The summed E-state index contributed by atoms with van der Waals surface area (Å²) in [6, 6.07) is 3.07. The number of nitrogens with one attached hydrogen (secondary N) is 1. The minimum absolute atomic E-state index is 0.00876. The molecule has 0 bridgehead atoms. The molecule has 0 aliphatic rings. The highest BCUT2D eigenvalue weighted by atomic mass is 79.9. The molecule has 2 rings (SSSR count). The monoisotopic (exact) mass is 345 g/mol. The number of furan rings is 1. The molecule has 2 aromatic heterocycles. The van der Waals surface area contributed by atoms with Crippen LogP contribution in [0.5, 0.6) is 0 Å². The molecule has 102 valence electrons. The fourth-order valence-corrected chi connectivity index (χ4v) is 3.54. The quantitative estimate of drug-likeness (QED) is 0.882. The van der Waals surface area contributed by atoms with E-state index in [9.17, 15) is 8.42 Å². The Bertz CT molecular complexity index is 697. The van der Waals surface area contributed by atoms with Gasteiger partial charge in [0.15, 0.2) is 4.67 Å². The van der Waals surface area contributed by atoms with E-state index in [0.29, 0.717) is 11.4 Å². The first kappa shape index (κ1) is 14.0. The van der Waals surface area contributed by atoms with E-state index < -0.39 is 10.0 Å². The van der Waals surface area contributed by atoms with Gasteiger partial charge in [-0.1, -0.05) is 0 Å². The van der Waals surface area contributed by atoms with Gasteiger partial charge < -0.3 is 10.2 Å². The van der Waals surface area contributed by atoms with Crippen LogP contribution in [0.15, 0.2) is 38.5 Å². The Labute approximate surface area is 119 Å². The maximum atomic E-state index is 12.2. The van der Waals surface area contributed by atoms with Gasteiger partial charge in [-0.25, -0.2) is 8.42 Å². The van der Waals surface area contributed by atoms with Crippen LogP contribution in [0.25, 0.3) is 0 Å². The third-order valence-corrected chi connectivity index (χ3v) is 4.56. The predicted octanol–water partition coefficient (Wildman–Crippen LogP) is 2.01. The second-order valence-corrected chi connectivity index (χ2v) is 6.28. The van der Waals surface area contributed by atoms with Crippen molar-refractivity contribution in [3.05, 3.63) is 40.5 Å². The lowest BCUT2D eigenvalue weighted by molar-refractivity contribution is 0.484. The van der Waals surface area contributed by atoms with Crippen molar-refractivity contribution < 1.29 is 12.8 Å². The van der Waals surface area contributed by atoms with Crippen molar-refractivity contribution in [3.63, 3.8) is 0 Å². The summed E-state index contributed by atoms with van der Waals surface area (Å²) < 4.78 is 32.1. The number of aryl methyl sites for hydroxylation is 1. The van der Waals surface area contributed by atoms with Crippen molar-refractivity contribution in [2.45, 2.75) is 18.4 Å². The molecule has 0 unspecified atom stereocenters. The molecule has 0 aliphatic heterocycles. The van der Waals surface area contributed by atoms with Gasteiger partial charge in [0.2, 0.25) is 0 Å². The van der Waals surface area contributed by atoms with Crippen LogP contribution in [0.4, 0.5) is 5.69 Å². The summed E-state index contributed by atoms with van der Waals surface area (Å²) in [5.74, 6) is 0.384. The molecule has 8 heteroatoms. The van der Waals surface area contributed by atoms with Crippen LogP contribution in [0, 0.1) is 6.92 Å². The molecule has 2 aromatic rings. The van der Waals surface area contributed by atoms with Gasteiger partial charge in [-0.2, -0.15) is 0 Å². The smallest absolute Gasteiger partial charge is 0.266 e. The summed E-state index contributed by atoms with van der Waals surface area (Å²) in [5, 5.41) is 0. The van der Waals surface area contributed by atoms with Gasteiger partial charge in [-0.3, -0.25) is 9.71 Å². The minimum Gasteiger partial charge on any atom is -0.452 e. The van der Waals surface area contributed by atoms with Crippen LogP contribution in [0.1, 0.15) is 11.3 Å². The molecule has 0 radical (unpaired) electrons. The van der Waals surface area contributed by atoms with Gasteiger partial charge in [0.1, 0.15) is 10.7 Å². The zero-order valence-corrected chi connectivity index (χ0v) is 12.5. The lowest BCUT2D eigenvalue weighted by Crippen LogP contribution is -2.13. The van der Waals surface area contributed by atoms with E-state index in [-0.39, 0.29) is 16.1 Å². The van der Waals surface area contributed by atoms with Crippen molar-refractivity contribution in [1.29, 1.82) is 0 Å². The Morgan fingerprint density at radius 3 is 2.74 bits per heavy atom. The molecule has 0 saturated heterocycles. The van der Waals surface area contributed by atoms with E-state index in [4.69, 9.17) is 10.2 Å². The molecular weight excluding hydrogens is 334 g/mol. The number of halogens is 1. The van der Waals surface area contributed by atoms with Crippen LogP contribution in [-0.4, -0.2) is 13.4 Å². The molecule has 2 heterocycles. The average molecular weight is 346 g/mol. The molecule has 0 aromatic carbocycles. The molecule has 0 atom stereocenters. The Kier molecular flexibility index (Phi) is 3.93. The number of aromatic nitrogens is 1. The van der Waals surface area contributed by atoms with Gasteiger partial charge in [0.25, 0.3) is 10.0 Å². The number of pyridine rings is 1. The topological polar surface area (TPSA) is 98.2 Å². The van der Waals surface area contributed by atoms with Crippen molar-refractivity contribution >= 4 is 31.6 Å². The van der Waals surface area contributed by atoms with Crippen molar-refractivity contribution in [2.75, 3.05) is 4.72 Å². The van der Waals surface area contributed by atoms with Crippen molar-refractivity contribution in [2.24, 2.45) is 5.73 Å². The van der Waals surface area contributed by atoms with Crippen LogP contribution < -0.4 is 10.5 Å². The largest absolute Gasteiger partial charge is 0.452 e. The molecule has 3 N–H and O–H groups in total. The number of nitrogens with zero attached hydrogens (tertiary/aromatic N) is 1. The molecular formula is C11H12BrN3O3S. The maximum absolute atomic E-state index is 12.2. The highest BCUT2D eigenvalue weighted by Gasteiger charge is 2.22. The third kappa shape index (κ3) is 3.14. The predicted molar refractivity (Wildman–Crippen MR) is 74.1 cm³/mol. The average Bonchev–Trinajstić information content (AvgIpc) is 2.71. The van der Waals surface area contributed by atoms with Gasteiger partial charge in [-0.05, 0) is 34.5 Å². The molecule has 0 aliphatic carbocycles. The Morgan fingerprint density at radius 1 is 1.42 bits per heavy atom. The zero-order chi connectivity index (χ0) is 14.0. The second kappa shape index (κ2) is 5.32. The van der Waals surface area contributed by atoms with Crippen LogP contribution in [-0.2, 0) is 16.6 Å². The summed E-state index contributed by atoms with van der Waals surface area (Å²) in [5.41, 5.74) is 6.65. The maximum Gasteiger partial charge on any atom is 0.266 e. The van der Waals surface area contributed by atoms with Crippen LogP contribution in [0.3, 0.4) is 0 Å². The van der Waals surface area contributed by atoms with E-state index in [1.165, 1.54) is 12.3 Å². The summed E-state index contributed by atoms with van der Waals surface area (Å²) in [7, 11) is -3.74. The lowest BCUT2D eigenvalue weighted by atomic mass is 10.3. The Morgan fingerprint density at radius 2 is 2.16 bits per heavy atom. The van der Waals surface area contributed by atoms with E-state index in [0.717, 1.165) is 5.56 Å². The van der Waals surface area contributed by atoms with E-state index in [1.54, 1.807) is 12.3 Å². The van der Waals surface area contributed by atoms with Gasteiger partial charge in [-0.15, -0.1) is 0 Å². The van der Waals surface area contributed by atoms with E-state index in [2.05, 4.69) is 25.6 Å². The summed E-state index contributed by atoms with van der Waals surface area (Å²) in [6.45, 7) is 1.95. The second-order valence-electron chi connectivity index (χ2n) is 3.91. The fraction of sp³-hybridized carbons (Fsp3) is 0.182. The highest BCUT2D eigenvalue weighted by Crippen LogP contribution is 2.27. The molecule has 0 fully saturated rings. The zero-order valence-electron chi connectivity index (χ0n) is 10.1.